The van der Waals surface area contributed by atoms with Crippen molar-refractivity contribution in [2.24, 2.45) is 0 Å². The van der Waals surface area contributed by atoms with Crippen molar-refractivity contribution in [1.29, 1.82) is 0 Å². The molecule has 156 valence electrons. The molecule has 2 aromatic carbocycles. The highest BCUT2D eigenvalue weighted by Gasteiger charge is 2.09. The molecule has 2 rings (SSSR count). The molecule has 0 bridgehead atoms. The van der Waals surface area contributed by atoms with Gasteiger partial charge in [-0.05, 0) is 62.3 Å². The van der Waals surface area contributed by atoms with Gasteiger partial charge in [0.2, 0.25) is 0 Å². The molecule has 2 N–H and O–H groups in total. The molecule has 6 heteroatoms. The number of hydrogen-bond acceptors (Lipinski definition) is 4. The van der Waals surface area contributed by atoms with E-state index in [1.165, 1.54) is 0 Å². The number of benzene rings is 2. The molecule has 29 heavy (non-hydrogen) atoms. The standard InChI is InChI=1S/C23H31N3O3/c1-5-26(6-2)15-14-24-23(28)19-10-12-20(13-11-19)25-21(27)16-29-22-17(3)8-7-9-18(22)4/h7-13H,5-6,14-16H2,1-4H3,(H,24,28)(H,25,27). The lowest BCUT2D eigenvalue weighted by molar-refractivity contribution is -0.118. The van der Waals surface area contributed by atoms with E-state index in [9.17, 15) is 9.59 Å². The van der Waals surface area contributed by atoms with Crippen LogP contribution in [0.2, 0.25) is 0 Å². The first-order chi connectivity index (χ1) is 13.9. The highest BCUT2D eigenvalue weighted by atomic mass is 16.5. The Labute approximate surface area is 173 Å². The van der Waals surface area contributed by atoms with E-state index in [2.05, 4.69) is 29.4 Å². The quantitative estimate of drug-likeness (QED) is 0.645. The third-order valence-corrected chi connectivity index (χ3v) is 4.80. The van der Waals surface area contributed by atoms with Crippen molar-refractivity contribution in [1.82, 2.24) is 10.2 Å². The fourth-order valence-electron chi connectivity index (χ4n) is 3.04. The smallest absolute Gasteiger partial charge is 0.262 e. The maximum Gasteiger partial charge on any atom is 0.262 e. The van der Waals surface area contributed by atoms with E-state index in [1.807, 2.05) is 32.0 Å². The van der Waals surface area contributed by atoms with Gasteiger partial charge in [0.25, 0.3) is 11.8 Å². The molecule has 0 heterocycles. The number of nitrogens with one attached hydrogen (secondary N) is 2. The number of hydrogen-bond donors (Lipinski definition) is 2. The Bertz CT molecular complexity index is 794. The summed E-state index contributed by atoms with van der Waals surface area (Å²) in [5.41, 5.74) is 3.18. The van der Waals surface area contributed by atoms with Crippen LogP contribution in [0.1, 0.15) is 35.3 Å². The van der Waals surface area contributed by atoms with Crippen molar-refractivity contribution in [2.45, 2.75) is 27.7 Å². The van der Waals surface area contributed by atoms with Crippen LogP contribution in [0.3, 0.4) is 0 Å². The minimum absolute atomic E-state index is 0.0702. The monoisotopic (exact) mass is 397 g/mol. The molecule has 0 saturated carbocycles. The zero-order valence-corrected chi connectivity index (χ0v) is 17.7. The summed E-state index contributed by atoms with van der Waals surface area (Å²) in [6, 6.07) is 12.7. The third-order valence-electron chi connectivity index (χ3n) is 4.80. The van der Waals surface area contributed by atoms with Crippen LogP contribution in [-0.4, -0.2) is 49.5 Å². The van der Waals surface area contributed by atoms with Crippen molar-refractivity contribution in [3.8, 4) is 5.75 Å². The van der Waals surface area contributed by atoms with Crippen LogP contribution in [0.25, 0.3) is 0 Å². The van der Waals surface area contributed by atoms with Gasteiger partial charge in [-0.3, -0.25) is 9.59 Å². The highest BCUT2D eigenvalue weighted by Crippen LogP contribution is 2.22. The maximum atomic E-state index is 12.2. The Morgan fingerprint density at radius 3 is 2.17 bits per heavy atom. The average molecular weight is 398 g/mol. The molecule has 6 nitrogen and oxygen atoms in total. The van der Waals surface area contributed by atoms with Gasteiger partial charge in [-0.2, -0.15) is 0 Å². The molecule has 0 saturated heterocycles. The first-order valence-corrected chi connectivity index (χ1v) is 10.0. The van der Waals surface area contributed by atoms with Crippen LogP contribution >= 0.6 is 0 Å². The average Bonchev–Trinajstić information content (AvgIpc) is 2.71. The largest absolute Gasteiger partial charge is 0.483 e. The normalized spacial score (nSPS) is 10.7. The Morgan fingerprint density at radius 2 is 1.59 bits per heavy atom. The summed E-state index contributed by atoms with van der Waals surface area (Å²) in [4.78, 5) is 26.6. The van der Waals surface area contributed by atoms with E-state index >= 15 is 0 Å². The topological polar surface area (TPSA) is 70.7 Å². The molecular formula is C23H31N3O3. The zero-order chi connectivity index (χ0) is 21.2. The number of carbonyl (C=O) groups is 2. The second-order valence-electron chi connectivity index (χ2n) is 6.92. The predicted molar refractivity (Wildman–Crippen MR) is 117 cm³/mol. The van der Waals surface area contributed by atoms with Gasteiger partial charge in [0.05, 0.1) is 0 Å². The lowest BCUT2D eigenvalue weighted by atomic mass is 10.1. The molecule has 0 aromatic heterocycles. The highest BCUT2D eigenvalue weighted by molar-refractivity contribution is 5.96. The summed E-state index contributed by atoms with van der Waals surface area (Å²) in [7, 11) is 0. The lowest BCUT2D eigenvalue weighted by Gasteiger charge is -2.18. The number of rotatable bonds is 10. The van der Waals surface area contributed by atoms with E-state index in [1.54, 1.807) is 24.3 Å². The van der Waals surface area contributed by atoms with Gasteiger partial charge in [-0.25, -0.2) is 0 Å². The zero-order valence-electron chi connectivity index (χ0n) is 17.7. The number of anilines is 1. The minimum Gasteiger partial charge on any atom is -0.483 e. The first kappa shape index (κ1) is 22.4. The van der Waals surface area contributed by atoms with Gasteiger partial charge in [0.1, 0.15) is 5.75 Å². The first-order valence-electron chi connectivity index (χ1n) is 10.0. The van der Waals surface area contributed by atoms with Gasteiger partial charge in [-0.1, -0.05) is 32.0 Å². The maximum absolute atomic E-state index is 12.2. The van der Waals surface area contributed by atoms with Gasteiger partial charge in [0.15, 0.2) is 6.61 Å². The van der Waals surface area contributed by atoms with Crippen LogP contribution in [0.15, 0.2) is 42.5 Å². The third kappa shape index (κ3) is 6.91. The van der Waals surface area contributed by atoms with E-state index < -0.39 is 0 Å². The minimum atomic E-state index is -0.246. The number of nitrogens with zero attached hydrogens (tertiary/aromatic N) is 1. The van der Waals surface area contributed by atoms with Crippen LogP contribution in [0.4, 0.5) is 5.69 Å². The van der Waals surface area contributed by atoms with Crippen molar-refractivity contribution in [3.05, 3.63) is 59.2 Å². The van der Waals surface area contributed by atoms with Crippen LogP contribution in [0.5, 0.6) is 5.75 Å². The predicted octanol–water partition coefficient (Wildman–Crippen LogP) is 3.39. The molecule has 0 radical (unpaired) electrons. The van der Waals surface area contributed by atoms with Crippen molar-refractivity contribution < 1.29 is 14.3 Å². The summed E-state index contributed by atoms with van der Waals surface area (Å²) in [6.07, 6.45) is 0. The number of ether oxygens (including phenoxy) is 1. The van der Waals surface area contributed by atoms with Gasteiger partial charge in [-0.15, -0.1) is 0 Å². The van der Waals surface area contributed by atoms with Crippen molar-refractivity contribution in [3.63, 3.8) is 0 Å². The summed E-state index contributed by atoms with van der Waals surface area (Å²) < 4.78 is 5.67. The Kier molecular flexibility index (Phi) is 8.68. The molecule has 0 atom stereocenters. The van der Waals surface area contributed by atoms with Crippen molar-refractivity contribution >= 4 is 17.5 Å². The molecule has 0 aliphatic carbocycles. The van der Waals surface area contributed by atoms with Crippen LogP contribution in [0, 0.1) is 13.8 Å². The molecule has 0 fully saturated rings. The lowest BCUT2D eigenvalue weighted by Crippen LogP contribution is -2.34. The van der Waals surface area contributed by atoms with E-state index in [4.69, 9.17) is 4.74 Å². The number of aryl methyl sites for hydroxylation is 2. The van der Waals surface area contributed by atoms with Gasteiger partial charge >= 0.3 is 0 Å². The molecule has 0 spiro atoms. The number of carbonyl (C=O) groups excluding carboxylic acids is 2. The summed E-state index contributed by atoms with van der Waals surface area (Å²) in [5, 5.41) is 5.71. The van der Waals surface area contributed by atoms with Gasteiger partial charge in [0, 0.05) is 24.3 Å². The Balaban J connectivity index is 1.82. The number of para-hydroxylation sites is 1. The van der Waals surface area contributed by atoms with E-state index in [-0.39, 0.29) is 18.4 Å². The SMILES string of the molecule is CCN(CC)CCNC(=O)c1ccc(NC(=O)COc2c(C)cccc2C)cc1. The van der Waals surface area contributed by atoms with Crippen LogP contribution < -0.4 is 15.4 Å². The second kappa shape index (κ2) is 11.2. The van der Waals surface area contributed by atoms with Gasteiger partial charge < -0.3 is 20.3 Å². The molecule has 2 aromatic rings. The second-order valence-corrected chi connectivity index (χ2v) is 6.92. The summed E-state index contributed by atoms with van der Waals surface area (Å²) in [5.74, 6) is 0.372. The Hall–Kier alpha value is -2.86. The Morgan fingerprint density at radius 1 is 0.966 bits per heavy atom. The van der Waals surface area contributed by atoms with Crippen molar-refractivity contribution in [2.75, 3.05) is 38.1 Å². The summed E-state index contributed by atoms with van der Waals surface area (Å²) in [6.45, 7) is 11.4. The fourth-order valence-corrected chi connectivity index (χ4v) is 3.04. The van der Waals surface area contributed by atoms with E-state index in [0.717, 1.165) is 36.5 Å². The molecule has 0 aliphatic heterocycles. The molecule has 0 aliphatic rings. The van der Waals surface area contributed by atoms with Crippen LogP contribution in [-0.2, 0) is 4.79 Å². The van der Waals surface area contributed by atoms with E-state index in [0.29, 0.717) is 17.8 Å². The summed E-state index contributed by atoms with van der Waals surface area (Å²) >= 11 is 0. The fraction of sp³-hybridized carbons (Fsp3) is 0.391. The molecular weight excluding hydrogens is 366 g/mol. The number of amides is 2. The molecule has 0 unspecified atom stereocenters. The number of likely N-dealkylation sites (N-methyl/N-ethyl adjacent to an activating group) is 1. The molecule has 2 amide bonds.